The maximum absolute atomic E-state index is 2.35. The molecule has 616 valence electrons. The second kappa shape index (κ2) is 34.3. The fraction of sp³-hybridized carbons (Fsp3) is 0.0164. The first-order chi connectivity index (χ1) is 64.2. The molecule has 0 aliphatic carbocycles. The number of anilines is 12. The molecule has 0 atom stereocenters. The second-order valence-electron chi connectivity index (χ2n) is 33.2. The van der Waals surface area contributed by atoms with Crippen LogP contribution in [0.2, 0.25) is 0 Å². The Hall–Kier alpha value is -15.5. The fourth-order valence-electron chi connectivity index (χ4n) is 18.5. The zero-order chi connectivity index (χ0) is 86.5. The molecule has 0 bridgehead atoms. The molecular formula is C122H84N4S4. The smallest absolute Gasteiger partial charge is 0.0462 e. The molecular weight excluding hydrogens is 1650 g/mol. The highest BCUT2D eigenvalue weighted by atomic mass is 32.1. The van der Waals surface area contributed by atoms with E-state index in [1.807, 2.05) is 45.3 Å². The highest BCUT2D eigenvalue weighted by Crippen LogP contribution is 2.48. The molecule has 4 heterocycles. The molecule has 0 saturated heterocycles. The summed E-state index contributed by atoms with van der Waals surface area (Å²) in [5.41, 5.74) is 30.4. The van der Waals surface area contributed by atoms with E-state index in [0.717, 1.165) is 68.2 Å². The van der Waals surface area contributed by atoms with Crippen molar-refractivity contribution in [2.45, 2.75) is 13.8 Å². The Labute approximate surface area is 772 Å². The van der Waals surface area contributed by atoms with Gasteiger partial charge in [-0.15, -0.1) is 45.3 Å². The lowest BCUT2D eigenvalue weighted by Crippen LogP contribution is -2.10. The minimum absolute atomic E-state index is 1.10. The van der Waals surface area contributed by atoms with Crippen LogP contribution >= 0.6 is 45.3 Å². The lowest BCUT2D eigenvalue weighted by molar-refractivity contribution is 1.27. The maximum atomic E-state index is 2.35. The van der Waals surface area contributed by atoms with Crippen molar-refractivity contribution in [2.75, 3.05) is 19.6 Å². The van der Waals surface area contributed by atoms with Gasteiger partial charge in [-0.25, -0.2) is 0 Å². The summed E-state index contributed by atoms with van der Waals surface area (Å²) in [6, 6.07) is 173. The summed E-state index contributed by atoms with van der Waals surface area (Å²) in [7, 11) is 0. The van der Waals surface area contributed by atoms with Gasteiger partial charge >= 0.3 is 0 Å². The van der Waals surface area contributed by atoms with E-state index in [1.54, 1.807) is 0 Å². The van der Waals surface area contributed by atoms with Crippen molar-refractivity contribution in [1.29, 1.82) is 0 Å². The monoisotopic (exact) mass is 1730 g/mol. The SMILES string of the molecule is Cc1ccc(N(c2ccc(-c3ccc(N(c4ccc(C)cc4)c4ccc(-c5cccc6c5sc5ccccc56)cc4)cc3)cc2)c2ccc(-c3cccc4c3sc3ccccc34)cc2)cc1.c1ccc(N(c2ccc(-c3ccc(N(c4ccccc4)c4ccc(-c5ccc6sc7ccccc7c6c5)cc4)cc3)cc2)c2ccc(-c3ccc4sc5ccccc5c4c3)cc2)cc1. The summed E-state index contributed by atoms with van der Waals surface area (Å²) in [5, 5.41) is 10.6. The van der Waals surface area contributed by atoms with E-state index in [9.17, 15) is 0 Å². The molecule has 0 aliphatic rings. The second-order valence-corrected chi connectivity index (χ2v) is 37.5. The maximum Gasteiger partial charge on any atom is 0.0462 e. The Morgan fingerprint density at radius 1 is 0.138 bits per heavy atom. The van der Waals surface area contributed by atoms with Gasteiger partial charge in [0.05, 0.1) is 0 Å². The first-order valence-electron chi connectivity index (χ1n) is 44.1. The molecule has 0 spiro atoms. The van der Waals surface area contributed by atoms with Crippen LogP contribution in [-0.4, -0.2) is 0 Å². The van der Waals surface area contributed by atoms with Gasteiger partial charge in [0.1, 0.15) is 0 Å². The van der Waals surface area contributed by atoms with Crippen LogP contribution < -0.4 is 19.6 Å². The van der Waals surface area contributed by atoms with E-state index in [-0.39, 0.29) is 0 Å². The largest absolute Gasteiger partial charge is 0.311 e. The number of hydrogen-bond acceptors (Lipinski definition) is 8. The molecule has 0 amide bonds. The normalized spacial score (nSPS) is 11.5. The van der Waals surface area contributed by atoms with Crippen LogP contribution in [0.4, 0.5) is 68.2 Å². The van der Waals surface area contributed by atoms with Crippen LogP contribution in [0.1, 0.15) is 11.1 Å². The third kappa shape index (κ3) is 15.3. The molecule has 8 heteroatoms. The van der Waals surface area contributed by atoms with Gasteiger partial charge in [0.15, 0.2) is 0 Å². The third-order valence-corrected chi connectivity index (χ3v) is 29.9. The molecule has 0 N–H and O–H groups in total. The number of rotatable bonds is 18. The van der Waals surface area contributed by atoms with Crippen molar-refractivity contribution in [3.05, 3.63) is 484 Å². The van der Waals surface area contributed by atoms with E-state index in [4.69, 9.17) is 0 Å². The highest BCUT2D eigenvalue weighted by molar-refractivity contribution is 7.27. The van der Waals surface area contributed by atoms with Gasteiger partial charge in [0.2, 0.25) is 0 Å². The van der Waals surface area contributed by atoms with E-state index < -0.39 is 0 Å². The number of hydrogen-bond donors (Lipinski definition) is 0. The Morgan fingerprint density at radius 2 is 0.338 bits per heavy atom. The van der Waals surface area contributed by atoms with Crippen molar-refractivity contribution in [2.24, 2.45) is 0 Å². The molecule has 0 fully saturated rings. The Kier molecular flexibility index (Phi) is 20.9. The number of nitrogens with zero attached hydrogens (tertiary/aromatic N) is 4. The van der Waals surface area contributed by atoms with Crippen LogP contribution in [0.25, 0.3) is 147 Å². The average Bonchev–Trinajstić information content (AvgIpc) is 1.63. The minimum atomic E-state index is 1.10. The average molecular weight is 1730 g/mol. The number of para-hydroxylation sites is 2. The van der Waals surface area contributed by atoms with Gasteiger partial charge < -0.3 is 19.6 Å². The van der Waals surface area contributed by atoms with Gasteiger partial charge in [-0.1, -0.05) is 290 Å². The molecule has 20 aromatic carbocycles. The van der Waals surface area contributed by atoms with Crippen molar-refractivity contribution >= 4 is 194 Å². The summed E-state index contributed by atoms with van der Waals surface area (Å²) < 4.78 is 10.6. The molecule has 0 saturated carbocycles. The van der Waals surface area contributed by atoms with Crippen LogP contribution in [0.5, 0.6) is 0 Å². The van der Waals surface area contributed by atoms with Crippen LogP contribution in [0.3, 0.4) is 0 Å². The summed E-state index contributed by atoms with van der Waals surface area (Å²) in [6.45, 7) is 4.28. The molecule has 0 aliphatic heterocycles. The van der Waals surface area contributed by atoms with Crippen molar-refractivity contribution < 1.29 is 0 Å². The topological polar surface area (TPSA) is 13.0 Å². The molecule has 24 aromatic rings. The number of thiophene rings is 4. The predicted octanol–water partition coefficient (Wildman–Crippen LogP) is 37.3. The van der Waals surface area contributed by atoms with Gasteiger partial charge in [0.25, 0.3) is 0 Å². The van der Waals surface area contributed by atoms with Gasteiger partial charge in [-0.3, -0.25) is 0 Å². The van der Waals surface area contributed by atoms with Crippen LogP contribution in [0.15, 0.2) is 473 Å². The molecule has 4 aromatic heterocycles. The fourth-order valence-corrected chi connectivity index (χ4v) is 23.1. The Morgan fingerprint density at radius 3 is 0.623 bits per heavy atom. The molecule has 130 heavy (non-hydrogen) atoms. The van der Waals surface area contributed by atoms with Gasteiger partial charge in [-0.05, 0) is 275 Å². The molecule has 24 rings (SSSR count). The number of aryl methyl sites for hydroxylation is 2. The number of benzene rings is 20. The highest BCUT2D eigenvalue weighted by Gasteiger charge is 2.22. The quantitative estimate of drug-likeness (QED) is 0.0849. The zero-order valence-corrected chi connectivity index (χ0v) is 74.7. The third-order valence-electron chi connectivity index (χ3n) is 25.1. The number of fused-ring (bicyclic) bond motifs is 12. The summed E-state index contributed by atoms with van der Waals surface area (Å²) >= 11 is 7.47. The van der Waals surface area contributed by atoms with E-state index in [0.29, 0.717) is 0 Å². The lowest BCUT2D eigenvalue weighted by Gasteiger charge is -2.26. The van der Waals surface area contributed by atoms with E-state index >= 15 is 0 Å². The first kappa shape index (κ1) is 79.1. The Bertz CT molecular complexity index is 7740. The Balaban J connectivity index is 0.000000148. The van der Waals surface area contributed by atoms with Crippen LogP contribution in [0, 0.1) is 13.8 Å². The molecule has 0 radical (unpaired) electrons. The molecule has 4 nitrogen and oxygen atoms in total. The summed E-state index contributed by atoms with van der Waals surface area (Å²) in [6.07, 6.45) is 0. The van der Waals surface area contributed by atoms with Crippen LogP contribution in [-0.2, 0) is 0 Å². The van der Waals surface area contributed by atoms with Gasteiger partial charge in [-0.2, -0.15) is 0 Å². The minimum Gasteiger partial charge on any atom is -0.311 e. The zero-order valence-electron chi connectivity index (χ0n) is 71.5. The van der Waals surface area contributed by atoms with Crippen molar-refractivity contribution in [3.63, 3.8) is 0 Å². The first-order valence-corrected chi connectivity index (χ1v) is 47.4. The lowest BCUT2D eigenvalue weighted by atomic mass is 10.0. The predicted molar refractivity (Wildman–Crippen MR) is 565 cm³/mol. The standard InChI is InChI=1S/C62H44N2S2.C60H40N2S2/c1-41-17-29-47(30-18-41)63(51-37-25-45(26-38-51)53-11-7-13-57-55-9-3-5-15-59(55)65-61(53)57)49-33-21-43(22-34-49)44-23-35-50(36-24-44)64(48-31-19-42(2)20-32-48)52-39-27-46(28-40-52)54-12-8-14-58-56-10-4-6-16-60(56)66-62(54)58;1-3-11-47(12-4-1)61(51-33-23-43(24-34-51)45-27-37-59-55(39-45)53-15-7-9-17-57(53)63-59)49-29-19-41(20-30-49)42-21-31-50(32-22-42)62(48-13-5-2-6-14-48)52-35-25-44(26-36-52)46-28-38-60-56(40-46)54-16-8-10-18-58(54)64-60/h3-40H,1-2H3;1-40H. The van der Waals surface area contributed by atoms with Gasteiger partial charge in [0, 0.05) is 149 Å². The van der Waals surface area contributed by atoms with E-state index in [1.165, 1.54) is 159 Å². The van der Waals surface area contributed by atoms with E-state index in [2.05, 4.69) is 507 Å². The van der Waals surface area contributed by atoms with Crippen molar-refractivity contribution in [1.82, 2.24) is 0 Å². The molecule has 0 unspecified atom stereocenters. The van der Waals surface area contributed by atoms with Crippen molar-refractivity contribution in [3.8, 4) is 66.8 Å². The summed E-state index contributed by atoms with van der Waals surface area (Å²) in [4.78, 5) is 9.36. The summed E-state index contributed by atoms with van der Waals surface area (Å²) in [5.74, 6) is 0.